The van der Waals surface area contributed by atoms with Crippen molar-refractivity contribution in [2.24, 2.45) is 5.92 Å². The van der Waals surface area contributed by atoms with Crippen molar-refractivity contribution < 1.29 is 9.90 Å². The molecule has 18 heavy (non-hydrogen) atoms. The molecule has 1 saturated carbocycles. The number of aromatic hydroxyl groups is 1. The summed E-state index contributed by atoms with van der Waals surface area (Å²) >= 11 is 0. The first-order chi connectivity index (χ1) is 8.74. The van der Waals surface area contributed by atoms with E-state index in [1.165, 1.54) is 6.20 Å². The van der Waals surface area contributed by atoms with Gasteiger partial charge in [0.25, 0.3) is 0 Å². The van der Waals surface area contributed by atoms with Crippen LogP contribution in [0.5, 0.6) is 5.75 Å². The monoisotopic (exact) mass is 245 g/mol. The first-order valence-electron chi connectivity index (χ1n) is 6.17. The van der Waals surface area contributed by atoms with Gasteiger partial charge in [0.1, 0.15) is 11.4 Å². The molecule has 2 heterocycles. The largest absolute Gasteiger partial charge is 0.506 e. The lowest BCUT2D eigenvalue weighted by Gasteiger charge is -2.03. The fraction of sp³-hybridized carbons (Fsp3) is 0.385. The molecule has 1 amide bonds. The third-order valence-corrected chi connectivity index (χ3v) is 3.24. The number of carbonyl (C=O) groups is 1. The van der Waals surface area contributed by atoms with Gasteiger partial charge in [-0.05, 0) is 30.9 Å². The quantitative estimate of drug-likeness (QED) is 0.760. The highest BCUT2D eigenvalue weighted by Gasteiger charge is 2.29. The fourth-order valence-corrected chi connectivity index (χ4v) is 2.06. The number of aromatic amines is 1. The smallest absolute Gasteiger partial charge is 0.223 e. The Morgan fingerprint density at radius 2 is 2.39 bits per heavy atom. The van der Waals surface area contributed by atoms with Crippen molar-refractivity contribution in [2.45, 2.75) is 19.3 Å². The van der Waals surface area contributed by atoms with Gasteiger partial charge in [0.2, 0.25) is 5.91 Å². The molecule has 0 atom stereocenters. The number of fused-ring (bicyclic) bond motifs is 1. The van der Waals surface area contributed by atoms with Crippen molar-refractivity contribution in [2.75, 3.05) is 6.54 Å². The van der Waals surface area contributed by atoms with E-state index in [2.05, 4.69) is 15.3 Å². The molecule has 2 aromatic heterocycles. The van der Waals surface area contributed by atoms with Crippen LogP contribution in [0.3, 0.4) is 0 Å². The molecule has 94 valence electrons. The van der Waals surface area contributed by atoms with Crippen LogP contribution >= 0.6 is 0 Å². The molecule has 1 aliphatic carbocycles. The zero-order valence-electron chi connectivity index (χ0n) is 9.94. The average molecular weight is 245 g/mol. The van der Waals surface area contributed by atoms with Crippen molar-refractivity contribution in [3.63, 3.8) is 0 Å². The molecule has 0 spiro atoms. The van der Waals surface area contributed by atoms with Gasteiger partial charge in [-0.1, -0.05) is 0 Å². The number of amides is 1. The van der Waals surface area contributed by atoms with E-state index in [-0.39, 0.29) is 17.6 Å². The van der Waals surface area contributed by atoms with E-state index in [4.69, 9.17) is 0 Å². The summed E-state index contributed by atoms with van der Waals surface area (Å²) in [5.74, 6) is 0.569. The summed E-state index contributed by atoms with van der Waals surface area (Å²) in [7, 11) is 0. The maximum absolute atomic E-state index is 11.5. The minimum Gasteiger partial charge on any atom is -0.506 e. The van der Waals surface area contributed by atoms with Crippen molar-refractivity contribution in [3.05, 3.63) is 24.0 Å². The second-order valence-electron chi connectivity index (χ2n) is 4.72. The van der Waals surface area contributed by atoms with Gasteiger partial charge < -0.3 is 15.4 Å². The van der Waals surface area contributed by atoms with Crippen LogP contribution in [0.2, 0.25) is 0 Å². The Hall–Kier alpha value is -2.04. The molecule has 1 aliphatic rings. The van der Waals surface area contributed by atoms with Crippen LogP contribution in [0.4, 0.5) is 0 Å². The molecule has 1 fully saturated rings. The van der Waals surface area contributed by atoms with Crippen LogP contribution in [0.15, 0.2) is 18.5 Å². The van der Waals surface area contributed by atoms with Gasteiger partial charge in [-0.3, -0.25) is 4.79 Å². The number of pyridine rings is 1. The van der Waals surface area contributed by atoms with Crippen molar-refractivity contribution in [1.29, 1.82) is 0 Å². The number of nitrogens with zero attached hydrogens (tertiary/aromatic N) is 1. The van der Waals surface area contributed by atoms with Gasteiger partial charge >= 0.3 is 0 Å². The van der Waals surface area contributed by atoms with Gasteiger partial charge in [-0.15, -0.1) is 0 Å². The van der Waals surface area contributed by atoms with Gasteiger partial charge in [0.15, 0.2) is 0 Å². The van der Waals surface area contributed by atoms with Crippen molar-refractivity contribution in [3.8, 4) is 5.75 Å². The molecule has 3 N–H and O–H groups in total. The lowest BCUT2D eigenvalue weighted by atomic mass is 10.1. The third kappa shape index (κ3) is 2.16. The number of carbonyl (C=O) groups excluding carboxylic acids is 1. The fourth-order valence-electron chi connectivity index (χ4n) is 2.06. The molecule has 0 aromatic carbocycles. The molecule has 0 radical (unpaired) electrons. The Morgan fingerprint density at radius 1 is 1.56 bits per heavy atom. The standard InChI is InChI=1S/C13H15N3O2/c17-10-5-11-9(6-15-12(11)16-7-10)3-4-14-13(18)8-1-2-8/h5-8,17H,1-4H2,(H,14,18)(H,15,16). The van der Waals surface area contributed by atoms with Crippen LogP contribution in [-0.4, -0.2) is 27.5 Å². The van der Waals surface area contributed by atoms with Crippen LogP contribution in [-0.2, 0) is 11.2 Å². The Kier molecular flexibility index (Phi) is 2.66. The Balaban J connectivity index is 1.66. The molecule has 0 unspecified atom stereocenters. The van der Waals surface area contributed by atoms with E-state index in [1.54, 1.807) is 6.07 Å². The summed E-state index contributed by atoms with van der Waals surface area (Å²) in [6.07, 6.45) is 6.08. The number of nitrogens with one attached hydrogen (secondary N) is 2. The van der Waals surface area contributed by atoms with Crippen LogP contribution in [0, 0.1) is 5.92 Å². The van der Waals surface area contributed by atoms with E-state index in [1.807, 2.05) is 6.20 Å². The predicted molar refractivity (Wildman–Crippen MR) is 67.2 cm³/mol. The van der Waals surface area contributed by atoms with Crippen LogP contribution < -0.4 is 5.32 Å². The summed E-state index contributed by atoms with van der Waals surface area (Å²) in [5, 5.41) is 13.3. The molecular weight excluding hydrogens is 230 g/mol. The topological polar surface area (TPSA) is 78.0 Å². The van der Waals surface area contributed by atoms with Gasteiger partial charge in [0, 0.05) is 24.0 Å². The number of H-pyrrole nitrogens is 1. The maximum atomic E-state index is 11.5. The highest BCUT2D eigenvalue weighted by molar-refractivity contribution is 5.82. The van der Waals surface area contributed by atoms with Gasteiger partial charge in [0.05, 0.1) is 6.20 Å². The van der Waals surface area contributed by atoms with E-state index in [9.17, 15) is 9.90 Å². The Morgan fingerprint density at radius 3 is 3.17 bits per heavy atom. The third-order valence-electron chi connectivity index (χ3n) is 3.24. The van der Waals surface area contributed by atoms with E-state index >= 15 is 0 Å². The summed E-state index contributed by atoms with van der Waals surface area (Å²) in [5.41, 5.74) is 1.82. The Labute approximate surface area is 104 Å². The number of aromatic nitrogens is 2. The average Bonchev–Trinajstić information content (AvgIpc) is 3.13. The first-order valence-corrected chi connectivity index (χ1v) is 6.17. The molecule has 0 aliphatic heterocycles. The number of hydrogen-bond acceptors (Lipinski definition) is 3. The van der Waals surface area contributed by atoms with Crippen molar-refractivity contribution >= 4 is 16.9 Å². The summed E-state index contributed by atoms with van der Waals surface area (Å²) in [4.78, 5) is 18.6. The molecule has 5 nitrogen and oxygen atoms in total. The molecule has 0 bridgehead atoms. The minimum atomic E-state index is 0.158. The second-order valence-corrected chi connectivity index (χ2v) is 4.72. The van der Waals surface area contributed by atoms with Crippen molar-refractivity contribution in [1.82, 2.24) is 15.3 Å². The minimum absolute atomic E-state index is 0.158. The second kappa shape index (κ2) is 4.33. The lowest BCUT2D eigenvalue weighted by Crippen LogP contribution is -2.26. The molecule has 3 rings (SSSR count). The van der Waals surface area contributed by atoms with E-state index < -0.39 is 0 Å². The van der Waals surface area contributed by atoms with Gasteiger partial charge in [-0.2, -0.15) is 0 Å². The molecule has 0 saturated heterocycles. The molecule has 2 aromatic rings. The van der Waals surface area contributed by atoms with Gasteiger partial charge in [-0.25, -0.2) is 4.98 Å². The zero-order chi connectivity index (χ0) is 12.5. The zero-order valence-corrected chi connectivity index (χ0v) is 9.94. The highest BCUT2D eigenvalue weighted by atomic mass is 16.3. The van der Waals surface area contributed by atoms with E-state index in [0.717, 1.165) is 35.9 Å². The summed E-state index contributed by atoms with van der Waals surface area (Å²) < 4.78 is 0. The molecule has 5 heteroatoms. The normalized spacial score (nSPS) is 14.9. The van der Waals surface area contributed by atoms with E-state index in [0.29, 0.717) is 6.54 Å². The SMILES string of the molecule is O=C(NCCc1c[nH]c2ncc(O)cc12)C1CC1. The van der Waals surface area contributed by atoms with Crippen LogP contribution in [0.25, 0.3) is 11.0 Å². The maximum Gasteiger partial charge on any atom is 0.223 e. The van der Waals surface area contributed by atoms with Crippen LogP contribution in [0.1, 0.15) is 18.4 Å². The highest BCUT2D eigenvalue weighted by Crippen LogP contribution is 2.28. The summed E-state index contributed by atoms with van der Waals surface area (Å²) in [6, 6.07) is 1.69. The summed E-state index contributed by atoms with van der Waals surface area (Å²) in [6.45, 7) is 0.623. The lowest BCUT2D eigenvalue weighted by molar-refractivity contribution is -0.122. The molecular formula is C13H15N3O2. The first kappa shape index (κ1) is 11.1. The Bertz CT molecular complexity index is 587. The number of rotatable bonds is 4. The number of hydrogen-bond donors (Lipinski definition) is 3. The predicted octanol–water partition coefficient (Wildman–Crippen LogP) is 1.34.